The van der Waals surface area contributed by atoms with Crippen molar-refractivity contribution in [1.82, 2.24) is 5.16 Å². The predicted octanol–water partition coefficient (Wildman–Crippen LogP) is 6.40. The average Bonchev–Trinajstić information content (AvgIpc) is 3.25. The molecule has 0 saturated carbocycles. The van der Waals surface area contributed by atoms with Crippen LogP contribution in [0.2, 0.25) is 5.02 Å². The first kappa shape index (κ1) is 26.0. The van der Waals surface area contributed by atoms with Gasteiger partial charge < -0.3 is 14.0 Å². The van der Waals surface area contributed by atoms with E-state index in [1.807, 2.05) is 66.7 Å². The minimum Gasteiger partial charge on any atom is -0.469 e. The van der Waals surface area contributed by atoms with E-state index < -0.39 is 6.09 Å². The van der Waals surface area contributed by atoms with Crippen LogP contribution in [0, 0.1) is 6.92 Å². The number of hydrogen-bond acceptors (Lipinski definition) is 6. The summed E-state index contributed by atoms with van der Waals surface area (Å²) >= 11 is 6.16. The number of benzene rings is 3. The summed E-state index contributed by atoms with van der Waals surface area (Å²) in [4.78, 5) is 24.0. The fraction of sp³-hybridized carbons (Fsp3) is 0.207. The van der Waals surface area contributed by atoms with Crippen molar-refractivity contribution in [2.45, 2.75) is 26.2 Å². The van der Waals surface area contributed by atoms with Crippen molar-refractivity contribution in [3.63, 3.8) is 0 Å². The molecule has 0 aliphatic rings. The molecular formula is C29H27ClN2O5. The Morgan fingerprint density at radius 1 is 0.973 bits per heavy atom. The Morgan fingerprint density at radius 2 is 1.73 bits per heavy atom. The van der Waals surface area contributed by atoms with Crippen molar-refractivity contribution < 1.29 is 23.6 Å². The summed E-state index contributed by atoms with van der Waals surface area (Å²) in [5.74, 6) is 0.185. The van der Waals surface area contributed by atoms with Crippen molar-refractivity contribution in [2.75, 3.05) is 19.0 Å². The van der Waals surface area contributed by atoms with Crippen LogP contribution < -0.4 is 5.32 Å². The van der Waals surface area contributed by atoms with Gasteiger partial charge in [0.05, 0.1) is 20.1 Å². The van der Waals surface area contributed by atoms with Crippen molar-refractivity contribution in [3.8, 4) is 11.3 Å². The molecule has 3 aromatic carbocycles. The topological polar surface area (TPSA) is 90.7 Å². The number of ether oxygens (including phenoxy) is 2. The molecule has 1 aromatic heterocycles. The van der Waals surface area contributed by atoms with E-state index in [0.717, 1.165) is 27.8 Å². The normalized spacial score (nSPS) is 10.7. The smallest absolute Gasteiger partial charge is 0.411 e. The zero-order chi connectivity index (χ0) is 26.2. The number of nitrogens with one attached hydrogen (secondary N) is 1. The molecule has 37 heavy (non-hydrogen) atoms. The van der Waals surface area contributed by atoms with Gasteiger partial charge in [-0.1, -0.05) is 83.5 Å². The Hall–Kier alpha value is -4.10. The van der Waals surface area contributed by atoms with Gasteiger partial charge in [-0.2, -0.15) is 0 Å². The van der Waals surface area contributed by atoms with Crippen LogP contribution in [0.4, 0.5) is 10.5 Å². The molecule has 4 rings (SSSR count). The van der Waals surface area contributed by atoms with Gasteiger partial charge in [0.25, 0.3) is 0 Å². The molecule has 0 saturated heterocycles. The molecule has 0 bridgehead atoms. The van der Waals surface area contributed by atoms with E-state index in [4.69, 9.17) is 25.6 Å². The molecule has 0 unspecified atom stereocenters. The third kappa shape index (κ3) is 6.98. The monoisotopic (exact) mass is 518 g/mol. The Labute approximate surface area is 220 Å². The molecule has 0 fully saturated rings. The summed E-state index contributed by atoms with van der Waals surface area (Å²) in [6.07, 6.45) is 0.860. The van der Waals surface area contributed by atoms with Crippen LogP contribution in [0.15, 0.2) is 77.3 Å². The predicted molar refractivity (Wildman–Crippen MR) is 142 cm³/mol. The number of halogens is 1. The van der Waals surface area contributed by atoms with Crippen LogP contribution in [-0.4, -0.2) is 30.9 Å². The molecule has 4 aromatic rings. The molecule has 190 valence electrons. The first-order valence-corrected chi connectivity index (χ1v) is 12.2. The number of anilines is 1. The SMILES string of the molecule is COC(=O)Cc1cccc(Cc2ccc(-c3onc(C)c3NC(=O)OCCc3ccccc3Cl)cc2)c1. The summed E-state index contributed by atoms with van der Waals surface area (Å²) in [7, 11) is 1.38. The maximum Gasteiger partial charge on any atom is 0.411 e. The number of hydrogen-bond donors (Lipinski definition) is 1. The lowest BCUT2D eigenvalue weighted by Gasteiger charge is -2.09. The minimum atomic E-state index is -0.594. The van der Waals surface area contributed by atoms with E-state index in [2.05, 4.69) is 10.5 Å². The Bertz CT molecular complexity index is 1380. The molecule has 0 atom stereocenters. The third-order valence-corrected chi connectivity index (χ3v) is 6.21. The number of rotatable bonds is 9. The highest BCUT2D eigenvalue weighted by atomic mass is 35.5. The molecule has 1 N–H and O–H groups in total. The second-order valence-corrected chi connectivity index (χ2v) is 8.93. The number of carbonyl (C=O) groups is 2. The summed E-state index contributed by atoms with van der Waals surface area (Å²) < 4.78 is 15.6. The average molecular weight is 519 g/mol. The van der Waals surface area contributed by atoms with Crippen molar-refractivity contribution >= 4 is 29.4 Å². The highest BCUT2D eigenvalue weighted by Crippen LogP contribution is 2.31. The van der Waals surface area contributed by atoms with E-state index in [0.29, 0.717) is 35.0 Å². The Kier molecular flexibility index (Phi) is 8.59. The van der Waals surface area contributed by atoms with E-state index >= 15 is 0 Å². The van der Waals surface area contributed by atoms with Crippen LogP contribution in [0.25, 0.3) is 11.3 Å². The quantitative estimate of drug-likeness (QED) is 0.258. The Morgan fingerprint density at radius 3 is 2.49 bits per heavy atom. The van der Waals surface area contributed by atoms with E-state index in [9.17, 15) is 9.59 Å². The molecule has 0 aliphatic heterocycles. The fourth-order valence-corrected chi connectivity index (χ4v) is 4.14. The molecule has 0 spiro atoms. The van der Waals surface area contributed by atoms with Crippen LogP contribution in [0.5, 0.6) is 0 Å². The lowest BCUT2D eigenvalue weighted by atomic mass is 10.00. The molecule has 1 heterocycles. The summed E-state index contributed by atoms with van der Waals surface area (Å²) in [5.41, 5.74) is 5.78. The number of methoxy groups -OCH3 is 1. The van der Waals surface area contributed by atoms with Crippen LogP contribution in [0.3, 0.4) is 0 Å². The number of amides is 1. The molecule has 0 aliphatic carbocycles. The molecule has 8 heteroatoms. The van der Waals surface area contributed by atoms with Crippen molar-refractivity contribution in [1.29, 1.82) is 0 Å². The van der Waals surface area contributed by atoms with E-state index in [1.165, 1.54) is 7.11 Å². The minimum absolute atomic E-state index is 0.185. The second-order valence-electron chi connectivity index (χ2n) is 8.52. The highest BCUT2D eigenvalue weighted by molar-refractivity contribution is 6.31. The first-order chi connectivity index (χ1) is 17.9. The zero-order valence-corrected chi connectivity index (χ0v) is 21.4. The second kappa shape index (κ2) is 12.2. The van der Waals surface area contributed by atoms with Crippen molar-refractivity contribution in [3.05, 3.63) is 106 Å². The molecule has 7 nitrogen and oxygen atoms in total. The summed E-state index contributed by atoms with van der Waals surface area (Å²) in [6.45, 7) is 1.94. The van der Waals surface area contributed by atoms with Gasteiger partial charge in [0.1, 0.15) is 11.4 Å². The van der Waals surface area contributed by atoms with Gasteiger partial charge in [-0.3, -0.25) is 10.1 Å². The third-order valence-electron chi connectivity index (χ3n) is 5.84. The van der Waals surface area contributed by atoms with Gasteiger partial charge >= 0.3 is 12.1 Å². The van der Waals surface area contributed by atoms with Gasteiger partial charge in [-0.15, -0.1) is 0 Å². The van der Waals surface area contributed by atoms with Gasteiger partial charge in [0.15, 0.2) is 5.76 Å². The number of esters is 1. The highest BCUT2D eigenvalue weighted by Gasteiger charge is 2.18. The van der Waals surface area contributed by atoms with Crippen LogP contribution in [-0.2, 0) is 33.5 Å². The lowest BCUT2D eigenvalue weighted by Crippen LogP contribution is -2.16. The lowest BCUT2D eigenvalue weighted by molar-refractivity contribution is -0.139. The summed E-state index contributed by atoms with van der Waals surface area (Å²) in [5, 5.41) is 7.41. The molecular weight excluding hydrogens is 492 g/mol. The maximum atomic E-state index is 12.4. The van der Waals surface area contributed by atoms with Gasteiger partial charge in [0.2, 0.25) is 0 Å². The number of aromatic nitrogens is 1. The number of aryl methyl sites for hydroxylation is 1. The first-order valence-electron chi connectivity index (χ1n) is 11.8. The Balaban J connectivity index is 1.38. The molecule has 0 radical (unpaired) electrons. The van der Waals surface area contributed by atoms with Crippen LogP contribution in [0.1, 0.15) is 27.9 Å². The largest absolute Gasteiger partial charge is 0.469 e. The van der Waals surface area contributed by atoms with Gasteiger partial charge in [-0.25, -0.2) is 4.79 Å². The van der Waals surface area contributed by atoms with Crippen LogP contribution >= 0.6 is 11.6 Å². The summed E-state index contributed by atoms with van der Waals surface area (Å²) in [6, 6.07) is 23.1. The van der Waals surface area contributed by atoms with Gasteiger partial charge in [0, 0.05) is 17.0 Å². The van der Waals surface area contributed by atoms with E-state index in [1.54, 1.807) is 13.0 Å². The maximum absolute atomic E-state index is 12.4. The standard InChI is InChI=1S/C29H27ClN2O5/c1-19-27(31-29(34)36-15-14-23-8-3-4-9-25(23)30)28(37-32-19)24-12-10-20(11-13-24)16-21-6-5-7-22(17-21)18-26(33)35-2/h3-13,17H,14-16,18H2,1-2H3,(H,31,34). The fourth-order valence-electron chi connectivity index (χ4n) is 3.91. The van der Waals surface area contributed by atoms with Crippen molar-refractivity contribution in [2.24, 2.45) is 0 Å². The van der Waals surface area contributed by atoms with Gasteiger partial charge in [-0.05, 0) is 41.7 Å². The number of nitrogens with zero attached hydrogens (tertiary/aromatic N) is 1. The van der Waals surface area contributed by atoms with E-state index in [-0.39, 0.29) is 19.0 Å². The zero-order valence-electron chi connectivity index (χ0n) is 20.6. The number of carbonyl (C=O) groups excluding carboxylic acids is 2. The molecule has 1 amide bonds.